The Balaban J connectivity index is 1.20. The summed E-state index contributed by atoms with van der Waals surface area (Å²) in [7, 11) is 0. The first-order valence-electron chi connectivity index (χ1n) is 20.5. The van der Waals surface area contributed by atoms with Crippen molar-refractivity contribution in [1.29, 1.82) is 0 Å². The molecule has 7 aromatic carbocycles. The monoisotopic (exact) mass is 781 g/mol. The molecular formula is C52H40BN3S2. The molecule has 0 aliphatic carbocycles. The number of rotatable bonds is 1. The first-order valence-corrected chi connectivity index (χ1v) is 22.1. The topological polar surface area (TPSA) is 11.4 Å². The molecule has 3 aliphatic heterocycles. The van der Waals surface area contributed by atoms with E-state index in [9.17, 15) is 0 Å². The molecule has 3 aromatic heterocycles. The Hall–Kier alpha value is -5.82. The summed E-state index contributed by atoms with van der Waals surface area (Å²) in [6.45, 7) is 14.2. The number of fused-ring (bicyclic) bond motifs is 14. The predicted octanol–water partition coefficient (Wildman–Crippen LogP) is 13.4. The van der Waals surface area contributed by atoms with Gasteiger partial charge in [0, 0.05) is 62.9 Å². The molecule has 10 aromatic rings. The van der Waals surface area contributed by atoms with Gasteiger partial charge in [0.1, 0.15) is 0 Å². The Kier molecular flexibility index (Phi) is 6.30. The zero-order valence-corrected chi connectivity index (χ0v) is 35.1. The third kappa shape index (κ3) is 4.19. The number of hydrogen-bond donors (Lipinski definition) is 0. The van der Waals surface area contributed by atoms with Crippen LogP contribution in [0.5, 0.6) is 0 Å². The fraction of sp³-hybridized carbons (Fsp3) is 0.154. The molecule has 3 aliphatic rings. The lowest BCUT2D eigenvalue weighted by atomic mass is 9.36. The minimum atomic E-state index is -0.0902. The normalized spacial score (nSPS) is 14.3. The Morgan fingerprint density at radius 3 is 1.97 bits per heavy atom. The molecule has 278 valence electrons. The maximum atomic E-state index is 2.66. The molecule has 6 heterocycles. The minimum Gasteiger partial charge on any atom is -0.310 e. The van der Waals surface area contributed by atoms with Crippen molar-refractivity contribution < 1.29 is 0 Å². The molecule has 0 spiro atoms. The molecule has 0 N–H and O–H groups in total. The van der Waals surface area contributed by atoms with Crippen LogP contribution in [-0.2, 0) is 10.8 Å². The number of aromatic nitrogens is 1. The van der Waals surface area contributed by atoms with Gasteiger partial charge < -0.3 is 14.4 Å². The van der Waals surface area contributed by atoms with Gasteiger partial charge in [0.05, 0.1) is 33.8 Å². The molecule has 0 atom stereocenters. The summed E-state index contributed by atoms with van der Waals surface area (Å²) in [6.07, 6.45) is 0. The molecule has 0 radical (unpaired) electrons. The minimum absolute atomic E-state index is 0.0175. The first-order chi connectivity index (χ1) is 28.0. The SMILES string of the molecule is CC(C)(C)c1cc2c3c(c1)N1c4c(cccc4-n4c5ccccc5c5cccc1c54)B3c1sc3ccc(C(C)(C)C)cc3c1N2c1ccc2sc3ccccc3c2c1. The fourth-order valence-electron chi connectivity index (χ4n) is 10.4. The Labute approximate surface area is 346 Å². The zero-order chi connectivity index (χ0) is 39.0. The van der Waals surface area contributed by atoms with E-state index in [1.165, 1.54) is 119 Å². The van der Waals surface area contributed by atoms with Crippen molar-refractivity contribution in [3.8, 4) is 5.69 Å². The van der Waals surface area contributed by atoms with Gasteiger partial charge in [-0.25, -0.2) is 0 Å². The largest absolute Gasteiger partial charge is 0.310 e. The molecule has 0 unspecified atom stereocenters. The molecule has 0 fully saturated rings. The number of nitrogens with zero attached hydrogens (tertiary/aromatic N) is 3. The fourth-order valence-corrected chi connectivity index (χ4v) is 12.8. The number of hydrogen-bond acceptors (Lipinski definition) is 4. The van der Waals surface area contributed by atoms with Gasteiger partial charge in [-0.05, 0) is 99.6 Å². The van der Waals surface area contributed by atoms with Crippen LogP contribution in [0.15, 0.2) is 133 Å². The van der Waals surface area contributed by atoms with E-state index < -0.39 is 0 Å². The van der Waals surface area contributed by atoms with Gasteiger partial charge in [-0.3, -0.25) is 0 Å². The van der Waals surface area contributed by atoms with Crippen LogP contribution in [0.4, 0.5) is 34.1 Å². The number of anilines is 6. The molecule has 0 saturated heterocycles. The molecule has 0 saturated carbocycles. The first kappa shape index (κ1) is 33.2. The Morgan fingerprint density at radius 2 is 1.14 bits per heavy atom. The number of benzene rings is 7. The third-order valence-electron chi connectivity index (χ3n) is 13.2. The average molecular weight is 782 g/mol. The van der Waals surface area contributed by atoms with E-state index in [4.69, 9.17) is 0 Å². The highest BCUT2D eigenvalue weighted by Gasteiger charge is 2.48. The van der Waals surface area contributed by atoms with E-state index in [1.54, 1.807) is 0 Å². The summed E-state index contributed by atoms with van der Waals surface area (Å²) in [6, 6.07) is 51.4. The maximum absolute atomic E-state index is 2.66. The van der Waals surface area contributed by atoms with Crippen LogP contribution in [0, 0.1) is 0 Å². The second kappa shape index (κ2) is 11.0. The van der Waals surface area contributed by atoms with Crippen molar-refractivity contribution in [3.05, 3.63) is 145 Å². The lowest BCUT2D eigenvalue weighted by Gasteiger charge is -2.46. The van der Waals surface area contributed by atoms with Crippen molar-refractivity contribution in [2.75, 3.05) is 9.80 Å². The summed E-state index contributed by atoms with van der Waals surface area (Å²) in [4.78, 5) is 5.30. The molecule has 58 heavy (non-hydrogen) atoms. The van der Waals surface area contributed by atoms with Crippen LogP contribution in [-0.4, -0.2) is 11.3 Å². The van der Waals surface area contributed by atoms with E-state index in [2.05, 4.69) is 189 Å². The highest BCUT2D eigenvalue weighted by molar-refractivity contribution is 7.33. The van der Waals surface area contributed by atoms with E-state index in [1.807, 2.05) is 22.7 Å². The van der Waals surface area contributed by atoms with E-state index >= 15 is 0 Å². The van der Waals surface area contributed by atoms with Gasteiger partial charge >= 0.3 is 0 Å². The third-order valence-corrected chi connectivity index (χ3v) is 15.5. The van der Waals surface area contributed by atoms with Gasteiger partial charge in [-0.1, -0.05) is 108 Å². The summed E-state index contributed by atoms with van der Waals surface area (Å²) >= 11 is 3.88. The summed E-state index contributed by atoms with van der Waals surface area (Å²) < 4.78 is 7.97. The second-order valence-electron chi connectivity index (χ2n) is 18.6. The second-order valence-corrected chi connectivity index (χ2v) is 20.7. The quantitative estimate of drug-likeness (QED) is 0.154. The summed E-state index contributed by atoms with van der Waals surface area (Å²) in [5.41, 5.74) is 16.9. The van der Waals surface area contributed by atoms with Crippen LogP contribution in [0.1, 0.15) is 52.7 Å². The lowest BCUT2D eigenvalue weighted by Crippen LogP contribution is -2.61. The predicted molar refractivity (Wildman–Crippen MR) is 254 cm³/mol. The van der Waals surface area contributed by atoms with Crippen LogP contribution in [0.3, 0.4) is 0 Å². The summed E-state index contributed by atoms with van der Waals surface area (Å²) in [5, 5.41) is 6.58. The van der Waals surface area contributed by atoms with Gasteiger partial charge in [0.25, 0.3) is 6.71 Å². The lowest BCUT2D eigenvalue weighted by molar-refractivity contribution is 0.590. The molecule has 13 rings (SSSR count). The maximum Gasteiger partial charge on any atom is 0.264 e. The van der Waals surface area contributed by atoms with Crippen LogP contribution in [0.25, 0.3) is 57.8 Å². The van der Waals surface area contributed by atoms with Crippen molar-refractivity contribution in [3.63, 3.8) is 0 Å². The molecular weight excluding hydrogens is 742 g/mol. The van der Waals surface area contributed by atoms with Crippen LogP contribution >= 0.6 is 22.7 Å². The van der Waals surface area contributed by atoms with Crippen molar-refractivity contribution >= 4 is 131 Å². The van der Waals surface area contributed by atoms with E-state index in [-0.39, 0.29) is 17.5 Å². The zero-order valence-electron chi connectivity index (χ0n) is 33.4. The standard InChI is InChI=1S/C52H40BN3S2/c1-51(2,3)29-21-23-45-36(25-29)48-50(58-45)53-37-16-12-19-40-49(37)56(39-18-11-15-34-32-13-7-9-17-38(32)55(40)47(34)39)42-27-30(52(4,5)6)26-41(46(42)53)54(48)31-22-24-44-35(28-31)33-14-8-10-20-43(33)57-44/h7-28H,1-6H3. The average Bonchev–Trinajstić information content (AvgIpc) is 3.89. The summed E-state index contributed by atoms with van der Waals surface area (Å²) in [5.74, 6) is 0. The molecule has 0 amide bonds. The van der Waals surface area contributed by atoms with Crippen LogP contribution < -0.4 is 25.5 Å². The van der Waals surface area contributed by atoms with Gasteiger partial charge in [-0.2, -0.15) is 0 Å². The molecule has 6 heteroatoms. The van der Waals surface area contributed by atoms with Crippen molar-refractivity contribution in [2.24, 2.45) is 0 Å². The van der Waals surface area contributed by atoms with Crippen LogP contribution in [0.2, 0.25) is 0 Å². The van der Waals surface area contributed by atoms with Gasteiger partial charge in [0.2, 0.25) is 0 Å². The Morgan fingerprint density at radius 1 is 0.466 bits per heavy atom. The highest BCUT2D eigenvalue weighted by atomic mass is 32.1. The van der Waals surface area contributed by atoms with Gasteiger partial charge in [-0.15, -0.1) is 22.7 Å². The number of thiophene rings is 2. The smallest absolute Gasteiger partial charge is 0.264 e. The van der Waals surface area contributed by atoms with Crippen molar-refractivity contribution in [2.45, 2.75) is 52.4 Å². The van der Waals surface area contributed by atoms with E-state index in [0.717, 1.165) is 0 Å². The number of para-hydroxylation sites is 3. The molecule has 3 nitrogen and oxygen atoms in total. The highest BCUT2D eigenvalue weighted by Crippen LogP contribution is 2.54. The Bertz CT molecular complexity index is 3460. The van der Waals surface area contributed by atoms with Gasteiger partial charge in [0.15, 0.2) is 0 Å². The van der Waals surface area contributed by atoms with E-state index in [0.29, 0.717) is 0 Å². The van der Waals surface area contributed by atoms with Crippen molar-refractivity contribution in [1.82, 2.24) is 4.57 Å². The molecule has 0 bridgehead atoms.